The van der Waals surface area contributed by atoms with E-state index < -0.39 is 0 Å². The van der Waals surface area contributed by atoms with Gasteiger partial charge in [-0.3, -0.25) is 0 Å². The van der Waals surface area contributed by atoms with E-state index in [9.17, 15) is 4.39 Å². The Balaban J connectivity index is 2.20. The summed E-state index contributed by atoms with van der Waals surface area (Å²) in [6.45, 7) is 4.06. The molecule has 0 aliphatic carbocycles. The van der Waals surface area contributed by atoms with Crippen molar-refractivity contribution in [3.05, 3.63) is 17.9 Å². The second-order valence-electron chi connectivity index (χ2n) is 3.93. The van der Waals surface area contributed by atoms with E-state index in [4.69, 9.17) is 9.47 Å². The number of halogens is 1. The number of rotatable bonds is 0. The molecule has 80 valence electrons. The topological polar surface area (TPSA) is 21.7 Å². The van der Waals surface area contributed by atoms with Gasteiger partial charge in [0.1, 0.15) is 24.7 Å². The molecule has 0 amide bonds. The zero-order valence-corrected chi connectivity index (χ0v) is 8.50. The van der Waals surface area contributed by atoms with Gasteiger partial charge in [-0.15, -0.1) is 0 Å². The zero-order chi connectivity index (χ0) is 10.4. The Hall–Kier alpha value is -1.45. The molecule has 0 radical (unpaired) electrons. The molecule has 0 bridgehead atoms. The number of hydrogen-bond donors (Lipinski definition) is 0. The van der Waals surface area contributed by atoms with Gasteiger partial charge in [0, 0.05) is 0 Å². The highest BCUT2D eigenvalue weighted by atomic mass is 19.1. The normalized spacial score (nSPS) is 22.8. The van der Waals surface area contributed by atoms with Crippen molar-refractivity contribution in [1.29, 1.82) is 0 Å². The molecule has 2 aliphatic heterocycles. The van der Waals surface area contributed by atoms with Gasteiger partial charge in [0.2, 0.25) is 0 Å². The van der Waals surface area contributed by atoms with Crippen LogP contribution in [-0.2, 0) is 0 Å². The number of nitrogens with zero attached hydrogens (tertiary/aromatic N) is 1. The van der Waals surface area contributed by atoms with Crippen LogP contribution >= 0.6 is 0 Å². The summed E-state index contributed by atoms with van der Waals surface area (Å²) in [7, 11) is 0. The summed E-state index contributed by atoms with van der Waals surface area (Å²) in [5, 5.41) is 0. The first kappa shape index (κ1) is 8.83. The maximum absolute atomic E-state index is 13.5. The Morgan fingerprint density at radius 1 is 1.40 bits per heavy atom. The first-order chi connectivity index (χ1) is 7.27. The summed E-state index contributed by atoms with van der Waals surface area (Å²) in [6, 6.07) is 3.34. The van der Waals surface area contributed by atoms with E-state index in [0.717, 1.165) is 18.0 Å². The summed E-state index contributed by atoms with van der Waals surface area (Å²) in [6.07, 6.45) is 0. The molecule has 0 saturated carbocycles. The van der Waals surface area contributed by atoms with Gasteiger partial charge in [-0.1, -0.05) is 0 Å². The fraction of sp³-hybridized carbons (Fsp3) is 0.455. The molecule has 1 aromatic rings. The Morgan fingerprint density at radius 2 is 2.27 bits per heavy atom. The molecular formula is C11H12FNO2. The number of anilines is 1. The average Bonchev–Trinajstić information content (AvgIpc) is 2.27. The summed E-state index contributed by atoms with van der Waals surface area (Å²) in [5.74, 6) is 0.755. The molecule has 1 aromatic carbocycles. The van der Waals surface area contributed by atoms with Crippen LogP contribution in [0, 0.1) is 5.82 Å². The SMILES string of the molecule is C[C@@H]1COc2ccc(F)c3c2N1CCO3. The lowest BCUT2D eigenvalue weighted by atomic mass is 10.1. The number of hydrogen-bond acceptors (Lipinski definition) is 3. The third-order valence-corrected chi connectivity index (χ3v) is 2.92. The third-order valence-electron chi connectivity index (χ3n) is 2.92. The highest BCUT2D eigenvalue weighted by Crippen LogP contribution is 2.44. The average molecular weight is 209 g/mol. The van der Waals surface area contributed by atoms with Crippen LogP contribution in [-0.4, -0.2) is 25.8 Å². The fourth-order valence-electron chi connectivity index (χ4n) is 2.15. The number of ether oxygens (including phenoxy) is 2. The quantitative estimate of drug-likeness (QED) is 0.650. The predicted molar refractivity (Wildman–Crippen MR) is 54.2 cm³/mol. The first-order valence-corrected chi connectivity index (χ1v) is 5.12. The van der Waals surface area contributed by atoms with Crippen molar-refractivity contribution in [2.24, 2.45) is 0 Å². The van der Waals surface area contributed by atoms with E-state index in [0.29, 0.717) is 19.0 Å². The van der Waals surface area contributed by atoms with Gasteiger partial charge in [0.15, 0.2) is 11.6 Å². The molecule has 2 aliphatic rings. The maximum Gasteiger partial charge on any atom is 0.182 e. The van der Waals surface area contributed by atoms with E-state index in [2.05, 4.69) is 11.8 Å². The monoisotopic (exact) mass is 209 g/mol. The largest absolute Gasteiger partial charge is 0.489 e. The lowest BCUT2D eigenvalue weighted by molar-refractivity contribution is 0.229. The van der Waals surface area contributed by atoms with Crippen molar-refractivity contribution in [2.75, 3.05) is 24.7 Å². The molecule has 3 rings (SSSR count). The van der Waals surface area contributed by atoms with Crippen LogP contribution < -0.4 is 14.4 Å². The van der Waals surface area contributed by atoms with Gasteiger partial charge in [-0.05, 0) is 19.1 Å². The highest BCUT2D eigenvalue weighted by molar-refractivity contribution is 5.70. The van der Waals surface area contributed by atoms with Gasteiger partial charge in [0.05, 0.1) is 12.6 Å². The van der Waals surface area contributed by atoms with Crippen molar-refractivity contribution < 1.29 is 13.9 Å². The minimum atomic E-state index is -0.309. The van der Waals surface area contributed by atoms with Gasteiger partial charge in [-0.25, -0.2) is 4.39 Å². The van der Waals surface area contributed by atoms with E-state index in [1.54, 1.807) is 6.07 Å². The van der Waals surface area contributed by atoms with Crippen molar-refractivity contribution in [3.8, 4) is 11.5 Å². The van der Waals surface area contributed by atoms with Crippen molar-refractivity contribution >= 4 is 5.69 Å². The summed E-state index contributed by atoms with van der Waals surface area (Å²) < 4.78 is 24.4. The van der Waals surface area contributed by atoms with Crippen LogP contribution in [0.15, 0.2) is 12.1 Å². The molecule has 1 atom stereocenters. The standard InChI is InChI=1S/C11H12FNO2/c1-7-6-15-9-3-2-8(12)11-10(9)13(7)4-5-14-11/h2-3,7H,4-6H2,1H3/t7-/m1/s1. The fourth-order valence-corrected chi connectivity index (χ4v) is 2.15. The molecule has 0 fully saturated rings. The molecule has 3 nitrogen and oxygen atoms in total. The number of benzene rings is 1. The van der Waals surface area contributed by atoms with E-state index in [1.807, 2.05) is 0 Å². The van der Waals surface area contributed by atoms with Gasteiger partial charge in [-0.2, -0.15) is 0 Å². The maximum atomic E-state index is 13.5. The predicted octanol–water partition coefficient (Wildman–Crippen LogP) is 1.81. The lowest BCUT2D eigenvalue weighted by Crippen LogP contribution is -2.45. The second kappa shape index (κ2) is 3.02. The van der Waals surface area contributed by atoms with Crippen LogP contribution in [0.5, 0.6) is 11.5 Å². The van der Waals surface area contributed by atoms with Crippen molar-refractivity contribution in [1.82, 2.24) is 0 Å². The van der Waals surface area contributed by atoms with Crippen LogP contribution in [0.4, 0.5) is 10.1 Å². The molecule has 0 saturated heterocycles. The van der Waals surface area contributed by atoms with Gasteiger partial charge < -0.3 is 14.4 Å². The molecule has 0 aromatic heterocycles. The Bertz CT molecular complexity index is 408. The highest BCUT2D eigenvalue weighted by Gasteiger charge is 2.32. The Kier molecular flexibility index (Phi) is 1.78. The zero-order valence-electron chi connectivity index (χ0n) is 8.50. The minimum Gasteiger partial charge on any atom is -0.489 e. The molecule has 4 heteroatoms. The van der Waals surface area contributed by atoms with Gasteiger partial charge >= 0.3 is 0 Å². The van der Waals surface area contributed by atoms with Crippen LogP contribution in [0.1, 0.15) is 6.92 Å². The minimum absolute atomic E-state index is 0.280. The summed E-state index contributed by atoms with van der Waals surface area (Å²) in [5.41, 5.74) is 0.778. The Labute approximate surface area is 87.4 Å². The van der Waals surface area contributed by atoms with Crippen molar-refractivity contribution in [3.63, 3.8) is 0 Å². The molecule has 0 N–H and O–H groups in total. The van der Waals surface area contributed by atoms with Crippen LogP contribution in [0.2, 0.25) is 0 Å². The first-order valence-electron chi connectivity index (χ1n) is 5.12. The van der Waals surface area contributed by atoms with E-state index in [-0.39, 0.29) is 11.9 Å². The van der Waals surface area contributed by atoms with Crippen LogP contribution in [0.3, 0.4) is 0 Å². The Morgan fingerprint density at radius 3 is 3.13 bits per heavy atom. The summed E-state index contributed by atoms with van der Waals surface area (Å²) in [4.78, 5) is 2.15. The molecule has 0 unspecified atom stereocenters. The molecule has 2 heterocycles. The van der Waals surface area contributed by atoms with Crippen molar-refractivity contribution in [2.45, 2.75) is 13.0 Å². The summed E-state index contributed by atoms with van der Waals surface area (Å²) >= 11 is 0. The van der Waals surface area contributed by atoms with Crippen LogP contribution in [0.25, 0.3) is 0 Å². The van der Waals surface area contributed by atoms with E-state index in [1.165, 1.54) is 6.07 Å². The molecule has 15 heavy (non-hydrogen) atoms. The smallest absolute Gasteiger partial charge is 0.182 e. The third kappa shape index (κ3) is 1.17. The van der Waals surface area contributed by atoms with Gasteiger partial charge in [0.25, 0.3) is 0 Å². The molecular weight excluding hydrogens is 197 g/mol. The lowest BCUT2D eigenvalue weighted by Gasteiger charge is -2.40. The second-order valence-corrected chi connectivity index (χ2v) is 3.93. The van der Waals surface area contributed by atoms with E-state index >= 15 is 0 Å². The molecule has 0 spiro atoms.